The summed E-state index contributed by atoms with van der Waals surface area (Å²) >= 11 is 0. The number of ether oxygens (including phenoxy) is 4. The molecule has 0 heterocycles. The number of esters is 4. The first-order valence-corrected chi connectivity index (χ1v) is 42.5. The summed E-state index contributed by atoms with van der Waals surface area (Å²) in [4.78, 5) is 72.7. The number of hydrogen-bond donors (Lipinski definition) is 3. The number of phosphoric ester groups is 2. The third-order valence-corrected chi connectivity index (χ3v) is 19.6. The molecule has 0 fully saturated rings. The third kappa shape index (κ3) is 70.3. The molecule has 3 N–H and O–H groups in total. The van der Waals surface area contributed by atoms with Crippen molar-refractivity contribution in [1.82, 2.24) is 0 Å². The van der Waals surface area contributed by atoms with Gasteiger partial charge in [-0.3, -0.25) is 37.3 Å². The zero-order chi connectivity index (χ0) is 70.0. The molecule has 0 aliphatic rings. The van der Waals surface area contributed by atoms with Crippen molar-refractivity contribution < 1.29 is 80.2 Å². The van der Waals surface area contributed by atoms with E-state index in [0.717, 1.165) is 95.8 Å². The summed E-state index contributed by atoms with van der Waals surface area (Å²) in [6.45, 7) is 9.53. The number of unbranched alkanes of at least 4 members (excludes halogenated alkanes) is 45. The summed E-state index contributed by atoms with van der Waals surface area (Å²) in [6.07, 6.45) is 55.7. The van der Waals surface area contributed by atoms with Crippen molar-refractivity contribution in [2.24, 2.45) is 11.8 Å². The Labute approximate surface area is 581 Å². The minimum absolute atomic E-state index is 0.104. The minimum Gasteiger partial charge on any atom is -0.462 e. The van der Waals surface area contributed by atoms with Gasteiger partial charge in [-0.25, -0.2) is 9.13 Å². The number of rotatable bonds is 75. The Bertz CT molecular complexity index is 1840. The predicted molar refractivity (Wildman–Crippen MR) is 386 cm³/mol. The van der Waals surface area contributed by atoms with Gasteiger partial charge in [-0.05, 0) is 37.5 Å². The number of carbonyl (C=O) groups is 4. The van der Waals surface area contributed by atoms with E-state index in [9.17, 15) is 43.2 Å². The molecule has 564 valence electrons. The molecule has 0 spiro atoms. The van der Waals surface area contributed by atoms with Crippen LogP contribution < -0.4 is 0 Å². The van der Waals surface area contributed by atoms with Crippen LogP contribution in [0.1, 0.15) is 395 Å². The van der Waals surface area contributed by atoms with Crippen LogP contribution in [0.4, 0.5) is 0 Å². The summed E-state index contributed by atoms with van der Waals surface area (Å²) in [5.74, 6) is -0.641. The molecule has 0 radical (unpaired) electrons. The highest BCUT2D eigenvalue weighted by Crippen LogP contribution is 2.45. The lowest BCUT2D eigenvalue weighted by Crippen LogP contribution is -2.30. The van der Waals surface area contributed by atoms with E-state index in [-0.39, 0.29) is 25.7 Å². The molecule has 17 nitrogen and oxygen atoms in total. The first-order chi connectivity index (χ1) is 45.9. The van der Waals surface area contributed by atoms with E-state index < -0.39 is 97.5 Å². The Kier molecular flexibility index (Phi) is 66.5. The van der Waals surface area contributed by atoms with E-state index >= 15 is 0 Å². The largest absolute Gasteiger partial charge is 0.472 e. The van der Waals surface area contributed by atoms with E-state index in [2.05, 4.69) is 41.5 Å². The van der Waals surface area contributed by atoms with Crippen molar-refractivity contribution in [3.8, 4) is 0 Å². The van der Waals surface area contributed by atoms with Crippen LogP contribution in [0.25, 0.3) is 0 Å². The summed E-state index contributed by atoms with van der Waals surface area (Å²) in [7, 11) is -9.91. The van der Waals surface area contributed by atoms with E-state index in [4.69, 9.17) is 37.0 Å². The van der Waals surface area contributed by atoms with Gasteiger partial charge >= 0.3 is 39.5 Å². The lowest BCUT2D eigenvalue weighted by molar-refractivity contribution is -0.161. The van der Waals surface area contributed by atoms with E-state index in [1.165, 1.54) is 212 Å². The summed E-state index contributed by atoms with van der Waals surface area (Å²) < 4.78 is 68.5. The fraction of sp³-hybridized carbons (Fsp3) is 0.947. The number of aliphatic hydroxyl groups is 1. The Morgan fingerprint density at radius 1 is 0.284 bits per heavy atom. The highest BCUT2D eigenvalue weighted by molar-refractivity contribution is 7.47. The molecule has 95 heavy (non-hydrogen) atoms. The summed E-state index contributed by atoms with van der Waals surface area (Å²) in [5.41, 5.74) is 0. The molecule has 0 aromatic carbocycles. The second kappa shape index (κ2) is 67.9. The van der Waals surface area contributed by atoms with Crippen LogP contribution in [-0.4, -0.2) is 96.7 Å². The average molecular weight is 1400 g/mol. The van der Waals surface area contributed by atoms with Gasteiger partial charge in [-0.2, -0.15) is 0 Å². The fourth-order valence-electron chi connectivity index (χ4n) is 11.7. The molecule has 0 bridgehead atoms. The van der Waals surface area contributed by atoms with E-state index in [1.54, 1.807) is 0 Å². The number of carbonyl (C=O) groups excluding carboxylic acids is 4. The molecule has 0 saturated heterocycles. The monoisotopic (exact) mass is 1400 g/mol. The maximum absolute atomic E-state index is 13.1. The topological polar surface area (TPSA) is 237 Å². The molecule has 19 heteroatoms. The standard InChI is InChI=1S/C76H148O17P2/c1-7-9-11-13-15-17-19-20-21-22-23-24-25-26-27-32-36-42-48-54-60-75(80)92-71(64-87-74(79)59-53-47-41-35-31-29-28-30-33-38-44-50-56-68(3)4)66-90-94(82,83)88-62-70(77)63-89-95(84,85)91-67-72(93-76(81)61-55-49-43-37-39-45-51-57-69(5)6)65-86-73(78)58-52-46-40-34-18-16-14-12-10-8-2/h68-72,77H,7-67H2,1-6H3,(H,82,83)(H,84,85)/t70-,71-,72-/m1/s1. The van der Waals surface area contributed by atoms with Crippen molar-refractivity contribution in [2.75, 3.05) is 39.6 Å². The van der Waals surface area contributed by atoms with E-state index in [0.29, 0.717) is 31.6 Å². The second-order valence-electron chi connectivity index (χ2n) is 28.3. The Morgan fingerprint density at radius 2 is 0.484 bits per heavy atom. The van der Waals surface area contributed by atoms with Crippen LogP contribution >= 0.6 is 15.6 Å². The molecule has 0 aromatic heterocycles. The highest BCUT2D eigenvalue weighted by Gasteiger charge is 2.30. The molecule has 2 unspecified atom stereocenters. The van der Waals surface area contributed by atoms with Crippen molar-refractivity contribution in [2.45, 2.75) is 413 Å². The molecule has 0 amide bonds. The molecule has 0 aliphatic heterocycles. The first-order valence-electron chi connectivity index (χ1n) is 39.5. The lowest BCUT2D eigenvalue weighted by atomic mass is 10.0. The Balaban J connectivity index is 5.20. The molecule has 0 aliphatic carbocycles. The van der Waals surface area contributed by atoms with Crippen molar-refractivity contribution in [3.63, 3.8) is 0 Å². The maximum Gasteiger partial charge on any atom is 0.472 e. The van der Waals surface area contributed by atoms with Gasteiger partial charge in [0.1, 0.15) is 19.3 Å². The molecule has 0 aromatic rings. The van der Waals surface area contributed by atoms with Gasteiger partial charge in [0.05, 0.1) is 26.4 Å². The summed E-state index contributed by atoms with van der Waals surface area (Å²) in [5, 5.41) is 10.6. The zero-order valence-electron chi connectivity index (χ0n) is 62.0. The van der Waals surface area contributed by atoms with E-state index in [1.807, 2.05) is 0 Å². The van der Waals surface area contributed by atoms with Gasteiger partial charge in [0.2, 0.25) is 0 Å². The highest BCUT2D eigenvalue weighted by atomic mass is 31.2. The van der Waals surface area contributed by atoms with Crippen LogP contribution in [0.5, 0.6) is 0 Å². The third-order valence-electron chi connectivity index (χ3n) is 17.7. The second-order valence-corrected chi connectivity index (χ2v) is 31.3. The van der Waals surface area contributed by atoms with Gasteiger partial charge in [-0.15, -0.1) is 0 Å². The van der Waals surface area contributed by atoms with Gasteiger partial charge in [0, 0.05) is 25.7 Å². The number of phosphoric acid groups is 2. The summed E-state index contributed by atoms with van der Waals surface area (Å²) in [6, 6.07) is 0. The Hall–Kier alpha value is -1.94. The van der Waals surface area contributed by atoms with Crippen molar-refractivity contribution >= 4 is 39.5 Å². The Morgan fingerprint density at radius 3 is 0.716 bits per heavy atom. The van der Waals surface area contributed by atoms with Crippen LogP contribution in [0.15, 0.2) is 0 Å². The molecule has 0 saturated carbocycles. The van der Waals surface area contributed by atoms with Gasteiger partial charge < -0.3 is 33.8 Å². The minimum atomic E-state index is -4.96. The first kappa shape index (κ1) is 93.1. The molecular formula is C76H148O17P2. The quantitative estimate of drug-likeness (QED) is 0.0222. The van der Waals surface area contributed by atoms with Gasteiger partial charge in [0.15, 0.2) is 12.2 Å². The zero-order valence-corrected chi connectivity index (χ0v) is 63.8. The SMILES string of the molecule is CCCCCCCCCCCCCCCCCCCCCCC(=O)O[C@H](COC(=O)CCCCCCCCCCCCCCC(C)C)COP(=O)(O)OC[C@@H](O)COP(=O)(O)OC[C@@H](COC(=O)CCCCCCCCCCCC)OC(=O)CCCCCCCCCC(C)C. The van der Waals surface area contributed by atoms with Crippen LogP contribution in [-0.2, 0) is 65.4 Å². The van der Waals surface area contributed by atoms with Crippen molar-refractivity contribution in [3.05, 3.63) is 0 Å². The number of aliphatic hydroxyl groups excluding tert-OH is 1. The molecule has 5 atom stereocenters. The van der Waals surface area contributed by atoms with Crippen LogP contribution in [0.2, 0.25) is 0 Å². The van der Waals surface area contributed by atoms with Crippen LogP contribution in [0.3, 0.4) is 0 Å². The fourth-order valence-corrected chi connectivity index (χ4v) is 13.2. The maximum atomic E-state index is 13.1. The van der Waals surface area contributed by atoms with Gasteiger partial charge in [-0.1, -0.05) is 343 Å². The number of hydrogen-bond acceptors (Lipinski definition) is 15. The van der Waals surface area contributed by atoms with Crippen LogP contribution in [0, 0.1) is 11.8 Å². The average Bonchev–Trinajstić information content (AvgIpc) is 1.68. The molecular weight excluding hydrogens is 1250 g/mol. The smallest absolute Gasteiger partial charge is 0.462 e. The normalized spacial score (nSPS) is 14.0. The van der Waals surface area contributed by atoms with Crippen molar-refractivity contribution in [1.29, 1.82) is 0 Å². The molecule has 0 rings (SSSR count). The predicted octanol–water partition coefficient (Wildman–Crippen LogP) is 22.3. The van der Waals surface area contributed by atoms with Gasteiger partial charge in [0.25, 0.3) is 0 Å². The lowest BCUT2D eigenvalue weighted by Gasteiger charge is -2.21.